The number of rotatable bonds is 4. The van der Waals surface area contributed by atoms with Crippen molar-refractivity contribution >= 4 is 22.7 Å². The van der Waals surface area contributed by atoms with Gasteiger partial charge in [0.05, 0.1) is 10.9 Å². The van der Waals surface area contributed by atoms with Crippen LogP contribution in [0, 0.1) is 12.8 Å². The first kappa shape index (κ1) is 19.9. The zero-order chi connectivity index (χ0) is 21.1. The van der Waals surface area contributed by atoms with Crippen molar-refractivity contribution in [3.05, 3.63) is 83.4 Å². The van der Waals surface area contributed by atoms with E-state index in [4.69, 9.17) is 9.47 Å². The molecule has 0 spiro atoms. The van der Waals surface area contributed by atoms with Gasteiger partial charge in [-0.05, 0) is 61.8 Å². The smallest absolute Gasteiger partial charge is 0.343 e. The van der Waals surface area contributed by atoms with Crippen molar-refractivity contribution in [1.82, 2.24) is 0 Å². The Labute approximate surface area is 176 Å². The van der Waals surface area contributed by atoms with Gasteiger partial charge in [-0.15, -0.1) is 0 Å². The van der Waals surface area contributed by atoms with E-state index in [9.17, 15) is 9.59 Å². The molecule has 0 fully saturated rings. The van der Waals surface area contributed by atoms with Crippen molar-refractivity contribution in [2.45, 2.75) is 33.1 Å². The number of ether oxygens (including phenoxy) is 2. The van der Waals surface area contributed by atoms with Crippen LogP contribution in [0.3, 0.4) is 0 Å². The summed E-state index contributed by atoms with van der Waals surface area (Å²) < 4.78 is 11.5. The van der Waals surface area contributed by atoms with Gasteiger partial charge in [-0.25, -0.2) is 9.59 Å². The molecule has 0 N–H and O–H groups in total. The summed E-state index contributed by atoms with van der Waals surface area (Å²) in [6.07, 6.45) is 4.79. The molecule has 0 radical (unpaired) electrons. The van der Waals surface area contributed by atoms with Crippen molar-refractivity contribution in [3.8, 4) is 11.5 Å². The first-order chi connectivity index (χ1) is 14.5. The van der Waals surface area contributed by atoms with Gasteiger partial charge in [0.25, 0.3) is 0 Å². The van der Waals surface area contributed by atoms with Crippen molar-refractivity contribution in [2.75, 3.05) is 0 Å². The molecular formula is C26H24O4. The first-order valence-corrected chi connectivity index (χ1v) is 10.2. The van der Waals surface area contributed by atoms with E-state index in [-0.39, 0.29) is 5.97 Å². The van der Waals surface area contributed by atoms with Gasteiger partial charge in [-0.2, -0.15) is 0 Å². The van der Waals surface area contributed by atoms with Crippen LogP contribution in [0.15, 0.2) is 72.3 Å². The van der Waals surface area contributed by atoms with E-state index in [1.165, 1.54) is 0 Å². The van der Waals surface area contributed by atoms with Crippen LogP contribution in [0.2, 0.25) is 0 Å². The monoisotopic (exact) mass is 400 g/mol. The van der Waals surface area contributed by atoms with Gasteiger partial charge in [0.2, 0.25) is 0 Å². The highest BCUT2D eigenvalue weighted by Crippen LogP contribution is 2.35. The van der Waals surface area contributed by atoms with Crippen LogP contribution in [0.5, 0.6) is 11.5 Å². The lowest BCUT2D eigenvalue weighted by Gasteiger charge is -2.17. The molecule has 0 amide bonds. The molecule has 3 aromatic rings. The molecule has 3 aromatic carbocycles. The number of hydrogen-bond acceptors (Lipinski definition) is 4. The van der Waals surface area contributed by atoms with Crippen molar-refractivity contribution in [2.24, 2.45) is 5.92 Å². The van der Waals surface area contributed by atoms with E-state index in [1.54, 1.807) is 24.3 Å². The predicted octanol–water partition coefficient (Wildman–Crippen LogP) is 6.02. The van der Waals surface area contributed by atoms with E-state index in [2.05, 4.69) is 6.92 Å². The molecule has 30 heavy (non-hydrogen) atoms. The summed E-state index contributed by atoms with van der Waals surface area (Å²) in [5.41, 5.74) is 2.24. The van der Waals surface area contributed by atoms with Crippen LogP contribution in [0.1, 0.15) is 42.1 Å². The maximum atomic E-state index is 12.7. The quantitative estimate of drug-likeness (QED) is 0.397. The molecule has 0 aromatic heterocycles. The molecule has 4 rings (SSSR count). The second kappa shape index (κ2) is 8.54. The Kier molecular flexibility index (Phi) is 5.66. The summed E-state index contributed by atoms with van der Waals surface area (Å²) in [6, 6.07) is 18.1. The highest BCUT2D eigenvalue weighted by molar-refractivity contribution is 6.00. The Morgan fingerprint density at radius 1 is 0.867 bits per heavy atom. The topological polar surface area (TPSA) is 52.6 Å². The van der Waals surface area contributed by atoms with Crippen LogP contribution < -0.4 is 9.47 Å². The lowest BCUT2D eigenvalue weighted by molar-refractivity contribution is -0.130. The molecule has 152 valence electrons. The number of aryl methyl sites for hydroxylation is 1. The minimum Gasteiger partial charge on any atom is -0.422 e. The summed E-state index contributed by atoms with van der Waals surface area (Å²) in [7, 11) is 0. The van der Waals surface area contributed by atoms with Gasteiger partial charge in [0.1, 0.15) is 11.5 Å². The fraction of sp³-hybridized carbons (Fsp3) is 0.231. The lowest BCUT2D eigenvalue weighted by atomic mass is 9.92. The molecule has 1 unspecified atom stereocenters. The Balaban J connectivity index is 1.65. The molecule has 4 nitrogen and oxygen atoms in total. The van der Waals surface area contributed by atoms with E-state index in [0.29, 0.717) is 33.9 Å². The third-order valence-electron chi connectivity index (χ3n) is 5.37. The highest BCUT2D eigenvalue weighted by Gasteiger charge is 2.20. The molecular weight excluding hydrogens is 376 g/mol. The molecule has 1 aliphatic rings. The maximum Gasteiger partial charge on any atom is 0.343 e. The zero-order valence-electron chi connectivity index (χ0n) is 17.2. The van der Waals surface area contributed by atoms with E-state index in [1.807, 2.05) is 49.4 Å². The Morgan fingerprint density at radius 3 is 2.13 bits per heavy atom. The number of esters is 2. The van der Waals surface area contributed by atoms with E-state index >= 15 is 0 Å². The van der Waals surface area contributed by atoms with Crippen molar-refractivity contribution < 1.29 is 19.1 Å². The Morgan fingerprint density at radius 2 is 1.50 bits per heavy atom. The fourth-order valence-electron chi connectivity index (χ4n) is 3.75. The molecule has 1 aliphatic carbocycles. The number of carbonyl (C=O) groups excluding carboxylic acids is 2. The van der Waals surface area contributed by atoms with Gasteiger partial charge in [0, 0.05) is 5.57 Å². The minimum absolute atomic E-state index is 0.339. The van der Waals surface area contributed by atoms with Gasteiger partial charge < -0.3 is 9.47 Å². The molecule has 0 saturated heterocycles. The summed E-state index contributed by atoms with van der Waals surface area (Å²) >= 11 is 0. The summed E-state index contributed by atoms with van der Waals surface area (Å²) in [5.74, 6) is 0.345. The number of benzene rings is 3. The average molecular weight is 400 g/mol. The maximum absolute atomic E-state index is 12.7. The molecule has 0 aliphatic heterocycles. The van der Waals surface area contributed by atoms with Crippen LogP contribution in [-0.2, 0) is 4.79 Å². The average Bonchev–Trinajstić information content (AvgIpc) is 2.74. The van der Waals surface area contributed by atoms with Crippen molar-refractivity contribution in [1.29, 1.82) is 0 Å². The Bertz CT molecular complexity index is 1120. The largest absolute Gasteiger partial charge is 0.422 e. The molecule has 0 bridgehead atoms. The SMILES string of the molecule is Cc1ccc(C(=O)Oc2cccc3cccc(OC(=O)C4=CC(C)CCC4)c23)cc1. The normalized spacial score (nSPS) is 16.1. The number of allylic oxidation sites excluding steroid dienone is 1. The summed E-state index contributed by atoms with van der Waals surface area (Å²) in [5, 5.41) is 1.44. The van der Waals surface area contributed by atoms with Crippen LogP contribution in [0.25, 0.3) is 10.8 Å². The van der Waals surface area contributed by atoms with Gasteiger partial charge >= 0.3 is 11.9 Å². The first-order valence-electron chi connectivity index (χ1n) is 10.2. The minimum atomic E-state index is -0.451. The third-order valence-corrected chi connectivity index (χ3v) is 5.37. The second-order valence-electron chi connectivity index (χ2n) is 7.82. The van der Waals surface area contributed by atoms with Crippen LogP contribution in [0.4, 0.5) is 0 Å². The fourth-order valence-corrected chi connectivity index (χ4v) is 3.75. The Hall–Kier alpha value is -3.40. The van der Waals surface area contributed by atoms with E-state index in [0.717, 1.165) is 30.2 Å². The second-order valence-corrected chi connectivity index (χ2v) is 7.82. The van der Waals surface area contributed by atoms with Crippen LogP contribution in [-0.4, -0.2) is 11.9 Å². The van der Waals surface area contributed by atoms with Gasteiger partial charge in [-0.1, -0.05) is 55.0 Å². The number of carbonyl (C=O) groups is 2. The van der Waals surface area contributed by atoms with Gasteiger partial charge in [0.15, 0.2) is 0 Å². The highest BCUT2D eigenvalue weighted by atomic mass is 16.5. The zero-order valence-corrected chi connectivity index (χ0v) is 17.2. The van der Waals surface area contributed by atoms with E-state index < -0.39 is 5.97 Å². The number of hydrogen-bond donors (Lipinski definition) is 0. The van der Waals surface area contributed by atoms with Crippen LogP contribution >= 0.6 is 0 Å². The lowest BCUT2D eigenvalue weighted by Crippen LogP contribution is -2.15. The summed E-state index contributed by atoms with van der Waals surface area (Å²) in [4.78, 5) is 25.4. The van der Waals surface area contributed by atoms with Gasteiger partial charge in [-0.3, -0.25) is 0 Å². The molecule has 4 heteroatoms. The molecule has 0 heterocycles. The predicted molar refractivity (Wildman–Crippen MR) is 117 cm³/mol. The summed E-state index contributed by atoms with van der Waals surface area (Å²) in [6.45, 7) is 4.07. The number of fused-ring (bicyclic) bond motifs is 1. The molecule has 0 saturated carbocycles. The third kappa shape index (κ3) is 4.28. The standard InChI is InChI=1S/C26H24O4/c1-17-12-14-20(15-13-17)25(27)29-22-10-4-7-19-8-5-11-23(24(19)22)30-26(28)21-9-3-6-18(2)16-21/h4-5,7-8,10-16,18H,3,6,9H2,1-2H3. The molecule has 1 atom stereocenters. The van der Waals surface area contributed by atoms with Crippen molar-refractivity contribution in [3.63, 3.8) is 0 Å².